The fourth-order valence-corrected chi connectivity index (χ4v) is 4.61. The minimum Gasteiger partial charge on any atom is -0.345 e. The lowest BCUT2D eigenvalue weighted by Crippen LogP contribution is -2.18. The summed E-state index contributed by atoms with van der Waals surface area (Å²) in [5.74, 6) is -6.34. The third-order valence-electron chi connectivity index (χ3n) is 5.04. The molecule has 0 saturated heterocycles. The van der Waals surface area contributed by atoms with Crippen molar-refractivity contribution in [3.05, 3.63) is 82.9 Å². The smallest absolute Gasteiger partial charge is 0.265 e. The Bertz CT molecular complexity index is 1550. The van der Waals surface area contributed by atoms with E-state index in [0.717, 1.165) is 6.07 Å². The van der Waals surface area contributed by atoms with Crippen LogP contribution in [-0.2, 0) is 10.0 Å². The van der Waals surface area contributed by atoms with Gasteiger partial charge in [0.05, 0.1) is 27.9 Å². The highest BCUT2D eigenvalue weighted by Crippen LogP contribution is 2.31. The van der Waals surface area contributed by atoms with E-state index in [1.165, 1.54) is 12.5 Å². The van der Waals surface area contributed by atoms with Gasteiger partial charge in [-0.05, 0) is 36.2 Å². The molecule has 4 aromatic rings. The largest absolute Gasteiger partial charge is 0.345 e. The molecule has 0 fully saturated rings. The van der Waals surface area contributed by atoms with Crippen molar-refractivity contribution in [3.8, 4) is 0 Å². The van der Waals surface area contributed by atoms with Gasteiger partial charge in [0.2, 0.25) is 5.78 Å². The first-order valence-corrected chi connectivity index (χ1v) is 11.3. The second-order valence-electron chi connectivity index (χ2n) is 7.63. The Labute approximate surface area is 190 Å². The van der Waals surface area contributed by atoms with Crippen molar-refractivity contribution in [2.24, 2.45) is 0 Å². The Kier molecular flexibility index (Phi) is 5.86. The number of ketones is 1. The first-order chi connectivity index (χ1) is 16.0. The van der Waals surface area contributed by atoms with E-state index in [-0.39, 0.29) is 22.5 Å². The third kappa shape index (κ3) is 4.00. The number of nitrogens with zero attached hydrogens (tertiary/aromatic N) is 2. The predicted molar refractivity (Wildman–Crippen MR) is 115 cm³/mol. The number of nitrogens with one attached hydrogen (secondary N) is 2. The lowest BCUT2D eigenvalue weighted by Gasteiger charge is -2.13. The minimum atomic E-state index is -4.82. The molecule has 0 spiro atoms. The quantitative estimate of drug-likeness (QED) is 0.301. The van der Waals surface area contributed by atoms with Crippen molar-refractivity contribution in [1.82, 2.24) is 15.0 Å². The number of halogens is 4. The van der Waals surface area contributed by atoms with Gasteiger partial charge in [0.1, 0.15) is 34.3 Å². The summed E-state index contributed by atoms with van der Waals surface area (Å²) in [7, 11) is -4.82. The Morgan fingerprint density at radius 2 is 1.74 bits per heavy atom. The molecule has 2 aromatic heterocycles. The molecule has 12 heteroatoms. The molecule has 2 heterocycles. The molecule has 34 heavy (non-hydrogen) atoms. The molecular formula is C22H16F4N4O3S. The average molecular weight is 492 g/mol. The van der Waals surface area contributed by atoms with E-state index < -0.39 is 55.2 Å². The van der Waals surface area contributed by atoms with Crippen molar-refractivity contribution in [2.45, 2.75) is 24.7 Å². The number of benzene rings is 2. The topological polar surface area (TPSA) is 105 Å². The molecule has 7 nitrogen and oxygen atoms in total. The highest BCUT2D eigenvalue weighted by molar-refractivity contribution is 7.92. The second kappa shape index (κ2) is 8.52. The number of aromatic amines is 1. The van der Waals surface area contributed by atoms with Gasteiger partial charge in [-0.3, -0.25) is 9.52 Å². The first-order valence-electron chi connectivity index (χ1n) is 9.83. The fraction of sp³-hybridized carbons (Fsp3) is 0.136. The van der Waals surface area contributed by atoms with Gasteiger partial charge < -0.3 is 4.98 Å². The summed E-state index contributed by atoms with van der Waals surface area (Å²) in [6.07, 6.45) is 2.51. The molecule has 0 unspecified atom stereocenters. The monoisotopic (exact) mass is 492 g/mol. The van der Waals surface area contributed by atoms with Crippen LogP contribution in [0.2, 0.25) is 0 Å². The van der Waals surface area contributed by atoms with E-state index in [1.54, 1.807) is 4.72 Å². The number of fused-ring (bicyclic) bond motifs is 1. The van der Waals surface area contributed by atoms with E-state index in [2.05, 4.69) is 15.0 Å². The van der Waals surface area contributed by atoms with Crippen molar-refractivity contribution in [2.75, 3.05) is 4.72 Å². The highest BCUT2D eigenvalue weighted by Gasteiger charge is 2.28. The summed E-state index contributed by atoms with van der Waals surface area (Å²) >= 11 is 0. The number of aromatic nitrogens is 3. The number of rotatable bonds is 6. The van der Waals surface area contributed by atoms with Crippen molar-refractivity contribution >= 4 is 32.5 Å². The van der Waals surface area contributed by atoms with E-state index >= 15 is 4.39 Å². The van der Waals surface area contributed by atoms with E-state index in [4.69, 9.17) is 0 Å². The average Bonchev–Trinajstić information content (AvgIpc) is 3.21. The number of H-pyrrole nitrogens is 1. The van der Waals surface area contributed by atoms with Crippen LogP contribution in [0.5, 0.6) is 0 Å². The van der Waals surface area contributed by atoms with Crippen molar-refractivity contribution < 1.29 is 30.8 Å². The third-order valence-corrected chi connectivity index (χ3v) is 6.42. The van der Waals surface area contributed by atoms with Gasteiger partial charge in [0.15, 0.2) is 5.82 Å². The van der Waals surface area contributed by atoms with Gasteiger partial charge in [-0.2, -0.15) is 0 Å². The number of anilines is 1. The van der Waals surface area contributed by atoms with Crippen LogP contribution in [0.1, 0.15) is 41.4 Å². The lowest BCUT2D eigenvalue weighted by molar-refractivity contribution is 0.103. The van der Waals surface area contributed by atoms with Crippen molar-refractivity contribution in [3.63, 3.8) is 0 Å². The van der Waals surface area contributed by atoms with Crippen LogP contribution in [0.4, 0.5) is 23.2 Å². The maximum absolute atomic E-state index is 15.3. The lowest BCUT2D eigenvalue weighted by atomic mass is 9.98. The Morgan fingerprint density at radius 3 is 2.44 bits per heavy atom. The van der Waals surface area contributed by atoms with Crippen LogP contribution < -0.4 is 4.72 Å². The fourth-order valence-electron chi connectivity index (χ4n) is 3.46. The zero-order valence-electron chi connectivity index (χ0n) is 17.7. The summed E-state index contributed by atoms with van der Waals surface area (Å²) in [5.41, 5.74) is -1.24. The minimum absolute atomic E-state index is 0.117. The van der Waals surface area contributed by atoms with Crippen LogP contribution in [0.15, 0.2) is 47.8 Å². The molecular weight excluding hydrogens is 476 g/mol. The van der Waals surface area contributed by atoms with Gasteiger partial charge >= 0.3 is 0 Å². The normalized spacial score (nSPS) is 11.9. The predicted octanol–water partition coefficient (Wildman–Crippen LogP) is 4.67. The van der Waals surface area contributed by atoms with E-state index in [9.17, 15) is 26.4 Å². The Morgan fingerprint density at radius 1 is 1.03 bits per heavy atom. The number of carbonyl (C=O) groups is 1. The first kappa shape index (κ1) is 23.4. The standard InChI is InChI=1S/C22H16F4N4O3S/c1-10(2)20-17-12(8-27-22(17)29-9-28-20)21(31)18-14(25)5-6-15(19(18)26)30-34(32,33)16-7-11(23)3-4-13(16)24/h3-10,30H,1-2H3,(H,27,28,29). The molecule has 0 bridgehead atoms. The van der Waals surface area contributed by atoms with Gasteiger partial charge in [0.25, 0.3) is 10.0 Å². The number of hydrogen-bond acceptors (Lipinski definition) is 5. The molecule has 4 rings (SSSR count). The van der Waals surface area contributed by atoms with Gasteiger partial charge in [-0.1, -0.05) is 13.8 Å². The highest BCUT2D eigenvalue weighted by atomic mass is 32.2. The summed E-state index contributed by atoms with van der Waals surface area (Å²) in [4.78, 5) is 23.0. The van der Waals surface area contributed by atoms with E-state index in [1.807, 2.05) is 13.8 Å². The van der Waals surface area contributed by atoms with Gasteiger partial charge in [-0.15, -0.1) is 0 Å². The van der Waals surface area contributed by atoms with Crippen LogP contribution in [0.25, 0.3) is 11.0 Å². The molecule has 0 aliphatic heterocycles. The molecule has 0 saturated carbocycles. The van der Waals surface area contributed by atoms with Crippen LogP contribution in [0.3, 0.4) is 0 Å². The zero-order chi connectivity index (χ0) is 24.8. The SMILES string of the molecule is CC(C)c1ncnc2[nH]cc(C(=O)c3c(F)ccc(NS(=O)(=O)c4cc(F)ccc4F)c3F)c12. The number of carbonyl (C=O) groups excluding carboxylic acids is 1. The second-order valence-corrected chi connectivity index (χ2v) is 9.28. The van der Waals surface area contributed by atoms with Crippen molar-refractivity contribution in [1.29, 1.82) is 0 Å². The molecule has 0 aliphatic carbocycles. The van der Waals surface area contributed by atoms with Crippen LogP contribution in [-0.4, -0.2) is 29.2 Å². The molecule has 0 atom stereocenters. The van der Waals surface area contributed by atoms with Gasteiger partial charge in [0, 0.05) is 6.20 Å². The molecule has 2 N–H and O–H groups in total. The van der Waals surface area contributed by atoms with Gasteiger partial charge in [-0.25, -0.2) is 35.9 Å². The summed E-state index contributed by atoms with van der Waals surface area (Å²) < 4.78 is 84.1. The summed E-state index contributed by atoms with van der Waals surface area (Å²) in [6, 6.07) is 3.12. The van der Waals surface area contributed by atoms with Crippen LogP contribution >= 0.6 is 0 Å². The molecule has 0 amide bonds. The molecule has 176 valence electrons. The summed E-state index contributed by atoms with van der Waals surface area (Å²) in [5, 5.41) is 0.272. The Hall–Kier alpha value is -3.80. The molecule has 0 aliphatic rings. The summed E-state index contributed by atoms with van der Waals surface area (Å²) in [6.45, 7) is 3.62. The number of hydrogen-bond donors (Lipinski definition) is 2. The van der Waals surface area contributed by atoms with Crippen LogP contribution in [0, 0.1) is 23.3 Å². The maximum Gasteiger partial charge on any atom is 0.265 e. The molecule has 2 aromatic carbocycles. The zero-order valence-corrected chi connectivity index (χ0v) is 18.5. The number of sulfonamides is 1. The molecule has 0 radical (unpaired) electrons. The maximum atomic E-state index is 15.3. The Balaban J connectivity index is 1.81. The van der Waals surface area contributed by atoms with E-state index in [0.29, 0.717) is 30.0 Å².